The van der Waals surface area contributed by atoms with E-state index in [9.17, 15) is 24.4 Å². The smallest absolute Gasteiger partial charge is 0.310 e. The van der Waals surface area contributed by atoms with E-state index in [4.69, 9.17) is 22.1 Å². The molecule has 1 atom stereocenters. The maximum atomic E-state index is 13.4. The summed E-state index contributed by atoms with van der Waals surface area (Å²) in [6, 6.07) is 2.03. The average molecular weight is 561 g/mol. The summed E-state index contributed by atoms with van der Waals surface area (Å²) in [5.41, 5.74) is 0.613. The normalized spacial score (nSPS) is 18.7. The first-order chi connectivity index (χ1) is 18.1. The van der Waals surface area contributed by atoms with Crippen LogP contribution in [0.2, 0.25) is 0 Å². The summed E-state index contributed by atoms with van der Waals surface area (Å²) in [6.07, 6.45) is 3.88. The molecule has 38 heavy (non-hydrogen) atoms. The molecule has 204 valence electrons. The van der Waals surface area contributed by atoms with Crippen LogP contribution in [0, 0.1) is 24.2 Å². The first-order valence-corrected chi connectivity index (χ1v) is 13.9. The van der Waals surface area contributed by atoms with E-state index in [1.807, 2.05) is 17.9 Å². The van der Waals surface area contributed by atoms with Gasteiger partial charge in [0.15, 0.2) is 0 Å². The van der Waals surface area contributed by atoms with Crippen LogP contribution in [0.1, 0.15) is 62.6 Å². The van der Waals surface area contributed by atoms with Gasteiger partial charge in [-0.15, -0.1) is 0 Å². The first kappa shape index (κ1) is 29.4. The third-order valence-electron chi connectivity index (χ3n) is 6.56. The van der Waals surface area contributed by atoms with Gasteiger partial charge in [-0.05, 0) is 51.2 Å². The Morgan fingerprint density at radius 2 is 2.03 bits per heavy atom. The van der Waals surface area contributed by atoms with E-state index in [1.165, 1.54) is 4.90 Å². The monoisotopic (exact) mass is 560 g/mol. The van der Waals surface area contributed by atoms with Crippen LogP contribution in [0.5, 0.6) is 0 Å². The van der Waals surface area contributed by atoms with E-state index in [1.54, 1.807) is 24.5 Å². The summed E-state index contributed by atoms with van der Waals surface area (Å²) in [5.74, 6) is -1.36. The number of pyridine rings is 1. The van der Waals surface area contributed by atoms with Gasteiger partial charge >= 0.3 is 11.9 Å². The molecule has 2 aliphatic rings. The molecule has 3 rings (SSSR count). The third-order valence-corrected chi connectivity index (χ3v) is 7.93. The molecule has 0 aromatic carbocycles. The Morgan fingerprint density at radius 3 is 2.66 bits per heavy atom. The molecule has 2 saturated heterocycles. The molecule has 2 fully saturated rings. The van der Waals surface area contributed by atoms with Crippen molar-refractivity contribution in [2.24, 2.45) is 5.92 Å². The molecule has 0 spiro atoms. The standard InChI is InChI=1S/C26H32N4O6S2/c1-4-10-29-22(28-11-6-8-17(15-28)25(35)36-5-2)18(16(3)19(14-27)23(29)33)13-20-24(34)30(26(37)38-20)12-7-9-21(31)32/h13,17H,4-12,15H2,1-3H3,(H,31,32). The highest BCUT2D eigenvalue weighted by molar-refractivity contribution is 8.26. The maximum absolute atomic E-state index is 13.4. The number of carboxylic acid groups (broad SMARTS) is 1. The molecule has 0 saturated carbocycles. The Labute approximate surface area is 231 Å². The lowest BCUT2D eigenvalue weighted by atomic mass is 9.96. The van der Waals surface area contributed by atoms with E-state index in [-0.39, 0.29) is 49.4 Å². The number of ether oxygens (including phenoxy) is 1. The van der Waals surface area contributed by atoms with Gasteiger partial charge in [0.05, 0.1) is 17.4 Å². The fourth-order valence-electron chi connectivity index (χ4n) is 4.75. The zero-order valence-electron chi connectivity index (χ0n) is 21.8. The fraction of sp³-hybridized carbons (Fsp3) is 0.538. The van der Waals surface area contributed by atoms with Crippen molar-refractivity contribution in [2.45, 2.75) is 59.4 Å². The van der Waals surface area contributed by atoms with Gasteiger partial charge in [-0.25, -0.2) is 0 Å². The van der Waals surface area contributed by atoms with Gasteiger partial charge in [0, 0.05) is 38.2 Å². The number of amides is 1. The number of carbonyl (C=O) groups excluding carboxylic acids is 2. The number of aliphatic carboxylic acids is 1. The van der Waals surface area contributed by atoms with E-state index < -0.39 is 11.5 Å². The predicted molar refractivity (Wildman–Crippen MR) is 149 cm³/mol. The summed E-state index contributed by atoms with van der Waals surface area (Å²) >= 11 is 6.50. The number of thioether (sulfide) groups is 1. The summed E-state index contributed by atoms with van der Waals surface area (Å²) in [4.78, 5) is 53.8. The SMILES string of the molecule is CCCn1c(N2CCCC(C(=O)OCC)C2)c(C=C2SC(=S)N(CCCC(=O)O)C2=O)c(C)c(C#N)c1=O. The summed E-state index contributed by atoms with van der Waals surface area (Å²) in [7, 11) is 0. The lowest BCUT2D eigenvalue weighted by Gasteiger charge is -2.36. The second-order valence-corrected chi connectivity index (χ2v) is 10.8. The molecule has 1 aromatic rings. The Bertz CT molecular complexity index is 1270. The minimum absolute atomic E-state index is 0.00402. The van der Waals surface area contributed by atoms with Crippen LogP contribution >= 0.6 is 24.0 Å². The number of nitrogens with zero attached hydrogens (tertiary/aromatic N) is 4. The largest absolute Gasteiger partial charge is 0.481 e. The molecule has 1 N–H and O–H groups in total. The number of piperidine rings is 1. The van der Waals surface area contributed by atoms with Crippen molar-refractivity contribution in [3.8, 4) is 6.07 Å². The fourth-order valence-corrected chi connectivity index (χ4v) is 6.04. The number of thiocarbonyl (C=S) groups is 1. The van der Waals surface area contributed by atoms with Gasteiger partial charge in [0.2, 0.25) is 0 Å². The number of hydrogen-bond donors (Lipinski definition) is 1. The van der Waals surface area contributed by atoms with Crippen molar-refractivity contribution >= 4 is 58.0 Å². The molecule has 0 aliphatic carbocycles. The van der Waals surface area contributed by atoms with Crippen molar-refractivity contribution in [3.63, 3.8) is 0 Å². The molecule has 10 nitrogen and oxygen atoms in total. The number of carboxylic acids is 1. The van der Waals surface area contributed by atoms with Gasteiger partial charge in [-0.1, -0.05) is 30.9 Å². The van der Waals surface area contributed by atoms with Crippen molar-refractivity contribution in [3.05, 3.63) is 31.9 Å². The number of anilines is 1. The number of nitriles is 1. The second kappa shape index (κ2) is 13.1. The molecule has 2 aliphatic heterocycles. The Kier molecular flexibility index (Phi) is 10.1. The summed E-state index contributed by atoms with van der Waals surface area (Å²) < 4.78 is 7.15. The van der Waals surface area contributed by atoms with Gasteiger partial charge in [0.25, 0.3) is 11.5 Å². The van der Waals surface area contributed by atoms with Crippen LogP contribution in [0.15, 0.2) is 9.70 Å². The number of esters is 1. The van der Waals surface area contributed by atoms with Crippen LogP contribution in [0.4, 0.5) is 5.82 Å². The highest BCUT2D eigenvalue weighted by Crippen LogP contribution is 2.37. The summed E-state index contributed by atoms with van der Waals surface area (Å²) in [6.45, 7) is 7.16. The van der Waals surface area contributed by atoms with Crippen molar-refractivity contribution in [1.82, 2.24) is 9.47 Å². The van der Waals surface area contributed by atoms with Gasteiger partial charge < -0.3 is 14.7 Å². The molecule has 0 bridgehead atoms. The highest BCUT2D eigenvalue weighted by atomic mass is 32.2. The maximum Gasteiger partial charge on any atom is 0.310 e. The zero-order chi connectivity index (χ0) is 28.0. The lowest BCUT2D eigenvalue weighted by molar-refractivity contribution is -0.148. The molecule has 1 amide bonds. The van der Waals surface area contributed by atoms with Crippen LogP contribution < -0.4 is 10.5 Å². The van der Waals surface area contributed by atoms with Crippen LogP contribution in [0.3, 0.4) is 0 Å². The molecule has 12 heteroatoms. The van der Waals surface area contributed by atoms with Crippen LogP contribution in [-0.2, 0) is 25.7 Å². The van der Waals surface area contributed by atoms with Crippen LogP contribution in [-0.4, -0.2) is 63.0 Å². The zero-order valence-corrected chi connectivity index (χ0v) is 23.5. The van der Waals surface area contributed by atoms with E-state index in [2.05, 4.69) is 0 Å². The van der Waals surface area contributed by atoms with Gasteiger partial charge in [-0.3, -0.25) is 28.6 Å². The predicted octanol–water partition coefficient (Wildman–Crippen LogP) is 3.28. The average Bonchev–Trinajstić information content (AvgIpc) is 3.14. The molecular formula is C26H32N4O6S2. The minimum Gasteiger partial charge on any atom is -0.481 e. The number of rotatable bonds is 10. The van der Waals surface area contributed by atoms with Crippen LogP contribution in [0.25, 0.3) is 6.08 Å². The van der Waals surface area contributed by atoms with E-state index >= 15 is 0 Å². The van der Waals surface area contributed by atoms with Gasteiger partial charge in [0.1, 0.15) is 21.8 Å². The molecular weight excluding hydrogens is 528 g/mol. The summed E-state index contributed by atoms with van der Waals surface area (Å²) in [5, 5.41) is 18.8. The highest BCUT2D eigenvalue weighted by Gasteiger charge is 2.34. The molecule has 1 aromatic heterocycles. The lowest BCUT2D eigenvalue weighted by Crippen LogP contribution is -2.43. The first-order valence-electron chi connectivity index (χ1n) is 12.7. The Hall–Kier alpha value is -3.17. The van der Waals surface area contributed by atoms with Crippen molar-refractivity contribution in [2.75, 3.05) is 31.1 Å². The Balaban J connectivity index is 2.12. The van der Waals surface area contributed by atoms with Crippen molar-refractivity contribution in [1.29, 1.82) is 5.26 Å². The van der Waals surface area contributed by atoms with E-state index in [0.717, 1.165) is 11.8 Å². The molecule has 1 unspecified atom stereocenters. The Morgan fingerprint density at radius 1 is 1.29 bits per heavy atom. The quantitative estimate of drug-likeness (QED) is 0.258. The molecule has 0 radical (unpaired) electrons. The second-order valence-electron chi connectivity index (χ2n) is 9.17. The number of hydrogen-bond acceptors (Lipinski definition) is 9. The molecule has 3 heterocycles. The van der Waals surface area contributed by atoms with Crippen molar-refractivity contribution < 1.29 is 24.2 Å². The third kappa shape index (κ3) is 6.27. The topological polar surface area (TPSA) is 133 Å². The minimum atomic E-state index is -0.948. The number of aromatic nitrogens is 1. The van der Waals surface area contributed by atoms with Gasteiger partial charge in [-0.2, -0.15) is 5.26 Å². The van der Waals surface area contributed by atoms with E-state index in [0.29, 0.717) is 65.1 Å². The number of carbonyl (C=O) groups is 3.